The lowest BCUT2D eigenvalue weighted by atomic mass is 9.75. The molecule has 0 aliphatic rings. The second-order valence-corrected chi connectivity index (χ2v) is 9.20. The van der Waals surface area contributed by atoms with Crippen LogP contribution in [-0.2, 0) is 10.8 Å². The first-order chi connectivity index (χ1) is 14.3. The van der Waals surface area contributed by atoms with E-state index in [1.165, 1.54) is 5.56 Å². The lowest BCUT2D eigenvalue weighted by molar-refractivity contribution is 0.0954. The third kappa shape index (κ3) is 5.49. The van der Waals surface area contributed by atoms with Crippen molar-refractivity contribution in [1.29, 1.82) is 0 Å². The van der Waals surface area contributed by atoms with Crippen molar-refractivity contribution in [2.75, 3.05) is 0 Å². The first-order valence-corrected chi connectivity index (χ1v) is 10.5. The van der Waals surface area contributed by atoms with Crippen LogP contribution in [0.1, 0.15) is 67.6 Å². The summed E-state index contributed by atoms with van der Waals surface area (Å²) in [6, 6.07) is 28.3. The summed E-state index contributed by atoms with van der Waals surface area (Å²) in [5, 5.41) is 0. The Morgan fingerprint density at radius 3 is 1.87 bits per heavy atom. The van der Waals surface area contributed by atoms with Crippen LogP contribution in [0.4, 0.5) is 0 Å². The van der Waals surface area contributed by atoms with Crippen LogP contribution in [0.5, 0.6) is 0 Å². The summed E-state index contributed by atoms with van der Waals surface area (Å²) in [7, 11) is 0. The normalized spacial score (nSPS) is 13.1. The number of ketones is 1. The molecule has 1 heteroatoms. The van der Waals surface area contributed by atoms with E-state index < -0.39 is 0 Å². The van der Waals surface area contributed by atoms with Crippen LogP contribution >= 0.6 is 0 Å². The predicted octanol–water partition coefficient (Wildman–Crippen LogP) is 6.96. The zero-order chi connectivity index (χ0) is 21.6. The Bertz CT molecular complexity index is 1030. The van der Waals surface area contributed by atoms with Gasteiger partial charge < -0.3 is 0 Å². The summed E-state index contributed by atoms with van der Waals surface area (Å²) < 4.78 is 0. The molecule has 0 spiro atoms. The SMILES string of the molecule is CC(C)(C)c1ccc(C#CCC(C)(CC(=O)c2ccccc2)c2ccccc2)cc1. The van der Waals surface area contributed by atoms with Crippen molar-refractivity contribution in [3.8, 4) is 11.8 Å². The number of hydrogen-bond acceptors (Lipinski definition) is 1. The molecule has 0 radical (unpaired) electrons. The van der Waals surface area contributed by atoms with E-state index in [2.05, 4.69) is 75.9 Å². The van der Waals surface area contributed by atoms with Crippen LogP contribution in [0.2, 0.25) is 0 Å². The molecule has 0 N–H and O–H groups in total. The molecule has 0 saturated heterocycles. The van der Waals surface area contributed by atoms with E-state index in [0.29, 0.717) is 12.8 Å². The Morgan fingerprint density at radius 1 is 0.733 bits per heavy atom. The van der Waals surface area contributed by atoms with Crippen molar-refractivity contribution in [1.82, 2.24) is 0 Å². The highest BCUT2D eigenvalue weighted by Crippen LogP contribution is 2.32. The van der Waals surface area contributed by atoms with Gasteiger partial charge in [0.25, 0.3) is 0 Å². The molecule has 152 valence electrons. The molecule has 0 aromatic heterocycles. The van der Waals surface area contributed by atoms with Crippen molar-refractivity contribution in [2.45, 2.75) is 51.4 Å². The molecule has 3 aromatic carbocycles. The van der Waals surface area contributed by atoms with Crippen LogP contribution in [0.25, 0.3) is 0 Å². The predicted molar refractivity (Wildman–Crippen MR) is 126 cm³/mol. The maximum atomic E-state index is 13.0. The molecule has 0 fully saturated rings. The average molecular weight is 395 g/mol. The molecule has 0 heterocycles. The molecule has 0 bridgehead atoms. The van der Waals surface area contributed by atoms with E-state index in [0.717, 1.165) is 16.7 Å². The number of carbonyl (C=O) groups is 1. The van der Waals surface area contributed by atoms with Crippen molar-refractivity contribution in [3.05, 3.63) is 107 Å². The third-order valence-electron chi connectivity index (χ3n) is 5.58. The number of benzene rings is 3. The highest BCUT2D eigenvalue weighted by molar-refractivity contribution is 5.96. The maximum absolute atomic E-state index is 13.0. The fourth-order valence-electron chi connectivity index (χ4n) is 3.58. The van der Waals surface area contributed by atoms with Crippen LogP contribution in [0.15, 0.2) is 84.9 Å². The van der Waals surface area contributed by atoms with E-state index in [9.17, 15) is 4.79 Å². The summed E-state index contributed by atoms with van der Waals surface area (Å²) in [6.07, 6.45) is 1.05. The molecule has 0 saturated carbocycles. The molecule has 0 aliphatic heterocycles. The average Bonchev–Trinajstić information content (AvgIpc) is 2.75. The van der Waals surface area contributed by atoms with Gasteiger partial charge in [-0.1, -0.05) is 112 Å². The molecule has 30 heavy (non-hydrogen) atoms. The summed E-state index contributed by atoms with van der Waals surface area (Å²) in [5.41, 5.74) is 4.00. The lowest BCUT2D eigenvalue weighted by Gasteiger charge is -2.27. The van der Waals surface area contributed by atoms with Crippen LogP contribution in [0, 0.1) is 11.8 Å². The zero-order valence-electron chi connectivity index (χ0n) is 18.4. The van der Waals surface area contributed by atoms with Gasteiger partial charge in [-0.05, 0) is 28.7 Å². The molecule has 1 atom stereocenters. The van der Waals surface area contributed by atoms with Crippen LogP contribution in [0.3, 0.4) is 0 Å². The second-order valence-electron chi connectivity index (χ2n) is 9.20. The van der Waals surface area contributed by atoms with E-state index >= 15 is 0 Å². The van der Waals surface area contributed by atoms with E-state index in [4.69, 9.17) is 0 Å². The molecule has 0 amide bonds. The maximum Gasteiger partial charge on any atom is 0.163 e. The Balaban J connectivity index is 1.82. The van der Waals surface area contributed by atoms with Gasteiger partial charge in [0.1, 0.15) is 0 Å². The van der Waals surface area contributed by atoms with Gasteiger partial charge in [0.15, 0.2) is 5.78 Å². The molecular weight excluding hydrogens is 364 g/mol. The second kappa shape index (κ2) is 9.14. The number of hydrogen-bond donors (Lipinski definition) is 0. The van der Waals surface area contributed by atoms with Crippen molar-refractivity contribution >= 4 is 5.78 Å². The summed E-state index contributed by atoms with van der Waals surface area (Å²) in [6.45, 7) is 8.77. The minimum absolute atomic E-state index is 0.135. The molecular formula is C29H30O. The topological polar surface area (TPSA) is 17.1 Å². The largest absolute Gasteiger partial charge is 0.294 e. The van der Waals surface area contributed by atoms with Gasteiger partial charge in [-0.2, -0.15) is 0 Å². The molecule has 3 rings (SSSR count). The van der Waals surface area contributed by atoms with Gasteiger partial charge in [0.2, 0.25) is 0 Å². The fraction of sp³-hybridized carbons (Fsp3) is 0.276. The monoisotopic (exact) mass is 394 g/mol. The molecule has 1 nitrogen and oxygen atoms in total. The van der Waals surface area contributed by atoms with Crippen molar-refractivity contribution in [3.63, 3.8) is 0 Å². The Hall–Kier alpha value is -3.11. The van der Waals surface area contributed by atoms with Crippen LogP contribution in [-0.4, -0.2) is 5.78 Å². The molecule has 0 aliphatic carbocycles. The standard InChI is InChI=1S/C29H30O/c1-28(2,3)25-19-17-23(18-20-25)12-11-21-29(4,26-15-9-6-10-16-26)22-27(30)24-13-7-5-8-14-24/h5-10,13-20H,21-22H2,1-4H3. The highest BCUT2D eigenvalue weighted by atomic mass is 16.1. The first-order valence-electron chi connectivity index (χ1n) is 10.5. The van der Waals surface area contributed by atoms with Gasteiger partial charge in [0, 0.05) is 29.4 Å². The zero-order valence-corrected chi connectivity index (χ0v) is 18.4. The molecule has 1 unspecified atom stereocenters. The smallest absolute Gasteiger partial charge is 0.163 e. The van der Waals surface area contributed by atoms with Crippen LogP contribution < -0.4 is 0 Å². The Morgan fingerprint density at radius 2 is 1.30 bits per heavy atom. The van der Waals surface area contributed by atoms with Gasteiger partial charge in [0.05, 0.1) is 0 Å². The quantitative estimate of drug-likeness (QED) is 0.338. The van der Waals surface area contributed by atoms with Crippen molar-refractivity contribution in [2.24, 2.45) is 0 Å². The Labute approximate surface area is 181 Å². The lowest BCUT2D eigenvalue weighted by Crippen LogP contribution is -2.25. The van der Waals surface area contributed by atoms with E-state index in [1.54, 1.807) is 0 Å². The number of rotatable bonds is 5. The minimum atomic E-state index is -0.341. The summed E-state index contributed by atoms with van der Waals surface area (Å²) in [4.78, 5) is 13.0. The number of Topliss-reactive ketones (excluding diaryl/α,β-unsaturated/α-hetero) is 1. The van der Waals surface area contributed by atoms with E-state index in [1.807, 2.05) is 48.5 Å². The van der Waals surface area contributed by atoms with Gasteiger partial charge >= 0.3 is 0 Å². The number of carbonyl (C=O) groups excluding carboxylic acids is 1. The van der Waals surface area contributed by atoms with E-state index in [-0.39, 0.29) is 16.6 Å². The minimum Gasteiger partial charge on any atom is -0.294 e. The highest BCUT2D eigenvalue weighted by Gasteiger charge is 2.29. The third-order valence-corrected chi connectivity index (χ3v) is 5.58. The first kappa shape index (κ1) is 21.6. The fourth-order valence-corrected chi connectivity index (χ4v) is 3.58. The van der Waals surface area contributed by atoms with Crippen molar-refractivity contribution < 1.29 is 4.79 Å². The molecule has 3 aromatic rings. The van der Waals surface area contributed by atoms with Gasteiger partial charge in [-0.25, -0.2) is 0 Å². The summed E-state index contributed by atoms with van der Waals surface area (Å²) >= 11 is 0. The Kier molecular flexibility index (Phi) is 6.58. The van der Waals surface area contributed by atoms with Gasteiger partial charge in [-0.15, -0.1) is 0 Å². The summed E-state index contributed by atoms with van der Waals surface area (Å²) in [5.74, 6) is 6.81. The van der Waals surface area contributed by atoms with Gasteiger partial charge in [-0.3, -0.25) is 4.79 Å².